The van der Waals surface area contributed by atoms with E-state index in [0.717, 1.165) is 22.5 Å². The lowest BCUT2D eigenvalue weighted by atomic mass is 10.0. The number of pyridine rings is 2. The van der Waals surface area contributed by atoms with E-state index in [-0.39, 0.29) is 24.3 Å². The van der Waals surface area contributed by atoms with Crippen LogP contribution in [-0.4, -0.2) is 76.9 Å². The molecule has 1 atom stereocenters. The Morgan fingerprint density at radius 2 is 1.68 bits per heavy atom. The predicted molar refractivity (Wildman–Crippen MR) is 156 cm³/mol. The van der Waals surface area contributed by atoms with Crippen molar-refractivity contribution in [1.82, 2.24) is 19.8 Å². The van der Waals surface area contributed by atoms with E-state index in [2.05, 4.69) is 27.9 Å². The highest BCUT2D eigenvalue weighted by Crippen LogP contribution is 2.30. The predicted octanol–water partition coefficient (Wildman–Crippen LogP) is 4.06. The summed E-state index contributed by atoms with van der Waals surface area (Å²) < 4.78 is 5.21. The molecule has 1 aromatic carbocycles. The molecular formula is C31H36N6O4. The van der Waals surface area contributed by atoms with Gasteiger partial charge in [0, 0.05) is 38.6 Å². The first-order chi connectivity index (χ1) is 19.7. The number of amides is 4. The molecule has 0 radical (unpaired) electrons. The third-order valence-corrected chi connectivity index (χ3v) is 7.66. The Kier molecular flexibility index (Phi) is 7.92. The number of ether oxygens (including phenoxy) is 1. The van der Waals surface area contributed by atoms with Crippen LogP contribution in [0.4, 0.5) is 16.4 Å². The Labute approximate surface area is 240 Å². The van der Waals surface area contributed by atoms with Gasteiger partial charge >= 0.3 is 6.03 Å². The molecule has 0 spiro atoms. The van der Waals surface area contributed by atoms with E-state index < -0.39 is 12.1 Å². The first kappa shape index (κ1) is 28.1. The second kappa shape index (κ2) is 11.6. The molecule has 10 nitrogen and oxygen atoms in total. The summed E-state index contributed by atoms with van der Waals surface area (Å²) >= 11 is 0. The van der Waals surface area contributed by atoms with Crippen molar-refractivity contribution < 1.29 is 19.1 Å². The van der Waals surface area contributed by atoms with E-state index in [1.165, 1.54) is 16.0 Å². The van der Waals surface area contributed by atoms with Crippen LogP contribution in [-0.2, 0) is 11.3 Å². The lowest BCUT2D eigenvalue weighted by Gasteiger charge is -2.36. The molecule has 0 N–H and O–H groups in total. The molecule has 2 aliphatic heterocycles. The summed E-state index contributed by atoms with van der Waals surface area (Å²) in [7, 11) is 1.59. The molecule has 4 amide bonds. The Morgan fingerprint density at radius 1 is 0.976 bits per heavy atom. The molecule has 2 fully saturated rings. The van der Waals surface area contributed by atoms with E-state index >= 15 is 0 Å². The van der Waals surface area contributed by atoms with Crippen LogP contribution < -0.4 is 14.5 Å². The molecule has 4 heterocycles. The largest absolute Gasteiger partial charge is 0.497 e. The third-order valence-electron chi connectivity index (χ3n) is 7.66. The van der Waals surface area contributed by atoms with Gasteiger partial charge in [-0.3, -0.25) is 19.4 Å². The van der Waals surface area contributed by atoms with Crippen molar-refractivity contribution in [2.75, 3.05) is 43.1 Å². The smallest absolute Gasteiger partial charge is 0.333 e. The average molecular weight is 557 g/mol. The summed E-state index contributed by atoms with van der Waals surface area (Å²) in [5.41, 5.74) is 3.52. The van der Waals surface area contributed by atoms with Crippen molar-refractivity contribution in [3.05, 3.63) is 77.1 Å². The van der Waals surface area contributed by atoms with Crippen LogP contribution in [0.25, 0.3) is 0 Å². The second-order valence-electron chi connectivity index (χ2n) is 11.0. The summed E-state index contributed by atoms with van der Waals surface area (Å²) in [6.45, 7) is 10.6. The lowest BCUT2D eigenvalue weighted by Crippen LogP contribution is -2.49. The molecule has 2 aliphatic rings. The molecule has 2 aromatic heterocycles. The number of rotatable bonds is 7. The van der Waals surface area contributed by atoms with Gasteiger partial charge in [0.25, 0.3) is 11.8 Å². The van der Waals surface area contributed by atoms with Gasteiger partial charge in [-0.15, -0.1) is 0 Å². The van der Waals surface area contributed by atoms with Crippen LogP contribution in [0.15, 0.2) is 54.9 Å². The summed E-state index contributed by atoms with van der Waals surface area (Å²) in [6, 6.07) is 11.6. The molecule has 5 rings (SSSR count). The van der Waals surface area contributed by atoms with Gasteiger partial charge in [0.1, 0.15) is 23.4 Å². The van der Waals surface area contributed by atoms with Crippen molar-refractivity contribution in [1.29, 1.82) is 0 Å². The number of aryl methyl sites for hydroxylation is 2. The summed E-state index contributed by atoms with van der Waals surface area (Å²) in [6.07, 6.45) is 3.37. The quantitative estimate of drug-likeness (QED) is 0.405. The number of piperazine rings is 1. The number of hydrogen-bond donors (Lipinski definition) is 0. The highest BCUT2D eigenvalue weighted by atomic mass is 16.5. The van der Waals surface area contributed by atoms with Crippen LogP contribution in [0.3, 0.4) is 0 Å². The Balaban J connectivity index is 1.27. The molecule has 2 saturated heterocycles. The van der Waals surface area contributed by atoms with Gasteiger partial charge in [-0.05, 0) is 60.7 Å². The topological polar surface area (TPSA) is 99.2 Å². The number of imide groups is 1. The number of methoxy groups -OCH3 is 1. The maximum atomic E-state index is 13.5. The van der Waals surface area contributed by atoms with Crippen molar-refractivity contribution in [3.8, 4) is 5.75 Å². The molecule has 10 heteroatoms. The van der Waals surface area contributed by atoms with Crippen molar-refractivity contribution in [2.24, 2.45) is 5.92 Å². The average Bonchev–Trinajstić information content (AvgIpc) is 3.22. The molecule has 41 heavy (non-hydrogen) atoms. The SMILES string of the molecule is COc1ccc(CN2C(=O)C(C(C)C)N(c3ccc(C(=O)N4CCN(c5ncc(C)cc5C)CC4)cn3)C2=O)cc1. The molecule has 1 unspecified atom stereocenters. The van der Waals surface area contributed by atoms with E-state index in [1.807, 2.05) is 44.0 Å². The van der Waals surface area contributed by atoms with Gasteiger partial charge in [0.2, 0.25) is 0 Å². The monoisotopic (exact) mass is 556 g/mol. The van der Waals surface area contributed by atoms with Crippen LogP contribution in [0.2, 0.25) is 0 Å². The molecule has 0 aliphatic carbocycles. The summed E-state index contributed by atoms with van der Waals surface area (Å²) in [5, 5.41) is 0. The van der Waals surface area contributed by atoms with Gasteiger partial charge in [0.05, 0.1) is 19.2 Å². The minimum atomic E-state index is -0.679. The van der Waals surface area contributed by atoms with Gasteiger partial charge < -0.3 is 14.5 Å². The number of urea groups is 1. The molecular weight excluding hydrogens is 520 g/mol. The fourth-order valence-corrected chi connectivity index (χ4v) is 5.49. The molecule has 0 bridgehead atoms. The van der Waals surface area contributed by atoms with Gasteiger partial charge in [-0.1, -0.05) is 32.0 Å². The number of hydrogen-bond acceptors (Lipinski definition) is 7. The lowest BCUT2D eigenvalue weighted by molar-refractivity contribution is -0.128. The number of anilines is 2. The molecule has 3 aromatic rings. The number of benzene rings is 1. The van der Waals surface area contributed by atoms with Gasteiger partial charge in [-0.25, -0.2) is 14.8 Å². The highest BCUT2D eigenvalue weighted by molar-refractivity contribution is 6.14. The molecule has 0 saturated carbocycles. The Bertz CT molecular complexity index is 1430. The highest BCUT2D eigenvalue weighted by Gasteiger charge is 2.47. The van der Waals surface area contributed by atoms with Crippen LogP contribution in [0.1, 0.15) is 40.9 Å². The second-order valence-corrected chi connectivity index (χ2v) is 11.0. The first-order valence-electron chi connectivity index (χ1n) is 13.9. The minimum Gasteiger partial charge on any atom is -0.497 e. The fourth-order valence-electron chi connectivity index (χ4n) is 5.49. The zero-order valence-electron chi connectivity index (χ0n) is 24.2. The van der Waals surface area contributed by atoms with Crippen LogP contribution in [0, 0.1) is 19.8 Å². The maximum absolute atomic E-state index is 13.5. The standard InChI is InChI=1S/C31H36N6O4/c1-20(2)27-30(39)36(19-23-6-9-25(41-5)10-7-23)31(40)37(27)26-11-8-24(18-32-26)29(38)35-14-12-34(13-15-35)28-22(4)16-21(3)17-33-28/h6-11,16-18,20,27H,12-15,19H2,1-5H3. The molecule has 214 valence electrons. The zero-order chi connectivity index (χ0) is 29.3. The Hall–Kier alpha value is -4.47. The van der Waals surface area contributed by atoms with Crippen LogP contribution >= 0.6 is 0 Å². The van der Waals surface area contributed by atoms with Crippen LogP contribution in [0.5, 0.6) is 5.75 Å². The number of nitrogens with zero attached hydrogens (tertiary/aromatic N) is 6. The Morgan fingerprint density at radius 3 is 2.27 bits per heavy atom. The summed E-state index contributed by atoms with van der Waals surface area (Å²) in [5.74, 6) is 1.51. The van der Waals surface area contributed by atoms with E-state index in [0.29, 0.717) is 43.3 Å². The third kappa shape index (κ3) is 5.59. The number of carbonyl (C=O) groups excluding carboxylic acids is 3. The fraction of sp³-hybridized carbons (Fsp3) is 0.387. The van der Waals surface area contributed by atoms with Crippen molar-refractivity contribution in [2.45, 2.75) is 40.3 Å². The normalized spacial score (nSPS) is 17.6. The number of aromatic nitrogens is 2. The van der Waals surface area contributed by atoms with Gasteiger partial charge in [0.15, 0.2) is 0 Å². The number of carbonyl (C=O) groups is 3. The first-order valence-corrected chi connectivity index (χ1v) is 13.9. The zero-order valence-corrected chi connectivity index (χ0v) is 24.2. The minimum absolute atomic E-state index is 0.109. The van der Waals surface area contributed by atoms with E-state index in [1.54, 1.807) is 31.4 Å². The van der Waals surface area contributed by atoms with Crippen molar-refractivity contribution in [3.63, 3.8) is 0 Å². The maximum Gasteiger partial charge on any atom is 0.333 e. The van der Waals surface area contributed by atoms with Gasteiger partial charge in [-0.2, -0.15) is 0 Å². The van der Waals surface area contributed by atoms with Crippen molar-refractivity contribution >= 4 is 29.5 Å². The van der Waals surface area contributed by atoms with E-state index in [4.69, 9.17) is 4.74 Å². The van der Waals surface area contributed by atoms with E-state index in [9.17, 15) is 14.4 Å². The summed E-state index contributed by atoms with van der Waals surface area (Å²) in [4.78, 5) is 55.9.